The van der Waals surface area contributed by atoms with Crippen LogP contribution in [0.4, 0.5) is 5.69 Å². The SMILES string of the molecule is CC.CC.CC.CC.CNS(=O)(=O)c1cc(Oc2ccc([N+](=O)[O-])cc2)ccc1C. The molecule has 0 atom stereocenters. The van der Waals surface area contributed by atoms with Gasteiger partial charge in [-0.15, -0.1) is 0 Å². The van der Waals surface area contributed by atoms with E-state index in [4.69, 9.17) is 4.74 Å². The first-order valence-corrected chi connectivity index (χ1v) is 11.8. The second kappa shape index (κ2) is 18.6. The highest BCUT2D eigenvalue weighted by atomic mass is 32.2. The molecule has 2 aromatic rings. The Morgan fingerprint density at radius 2 is 1.27 bits per heavy atom. The van der Waals surface area contributed by atoms with E-state index in [0.29, 0.717) is 17.1 Å². The summed E-state index contributed by atoms with van der Waals surface area (Å²) in [6.45, 7) is 17.7. The van der Waals surface area contributed by atoms with Crippen molar-refractivity contribution in [2.75, 3.05) is 7.05 Å². The minimum absolute atomic E-state index is 0.0466. The van der Waals surface area contributed by atoms with Crippen molar-refractivity contribution < 1.29 is 18.1 Å². The molecule has 7 nitrogen and oxygen atoms in total. The van der Waals surface area contributed by atoms with Crippen molar-refractivity contribution in [2.45, 2.75) is 67.2 Å². The van der Waals surface area contributed by atoms with Crippen molar-refractivity contribution in [3.05, 3.63) is 58.1 Å². The van der Waals surface area contributed by atoms with Gasteiger partial charge in [0.25, 0.3) is 5.69 Å². The van der Waals surface area contributed by atoms with Gasteiger partial charge in [0.2, 0.25) is 10.0 Å². The summed E-state index contributed by atoms with van der Waals surface area (Å²) in [5, 5.41) is 10.6. The molecule has 0 heterocycles. The summed E-state index contributed by atoms with van der Waals surface area (Å²) in [6.07, 6.45) is 0. The van der Waals surface area contributed by atoms with Gasteiger partial charge in [-0.2, -0.15) is 0 Å². The van der Waals surface area contributed by atoms with Crippen molar-refractivity contribution in [3.63, 3.8) is 0 Å². The highest BCUT2D eigenvalue weighted by molar-refractivity contribution is 7.89. The first-order valence-electron chi connectivity index (χ1n) is 10.3. The van der Waals surface area contributed by atoms with Gasteiger partial charge in [0.15, 0.2) is 0 Å². The summed E-state index contributed by atoms with van der Waals surface area (Å²) >= 11 is 0. The fraction of sp³-hybridized carbons (Fsp3) is 0.455. The molecule has 8 heteroatoms. The van der Waals surface area contributed by atoms with Crippen LogP contribution < -0.4 is 9.46 Å². The molecule has 0 bridgehead atoms. The number of hydrogen-bond acceptors (Lipinski definition) is 5. The molecule has 30 heavy (non-hydrogen) atoms. The lowest BCUT2D eigenvalue weighted by Crippen LogP contribution is -2.19. The average molecular weight is 443 g/mol. The number of benzene rings is 2. The zero-order valence-corrected chi connectivity index (χ0v) is 20.8. The van der Waals surface area contributed by atoms with Gasteiger partial charge in [-0.05, 0) is 37.7 Å². The van der Waals surface area contributed by atoms with Gasteiger partial charge in [-0.25, -0.2) is 13.1 Å². The molecule has 0 aliphatic carbocycles. The molecule has 0 aromatic heterocycles. The molecule has 0 fully saturated rings. The molecule has 0 aliphatic heterocycles. The summed E-state index contributed by atoms with van der Waals surface area (Å²) in [6, 6.07) is 10.2. The number of ether oxygens (including phenoxy) is 1. The van der Waals surface area contributed by atoms with E-state index in [9.17, 15) is 18.5 Å². The molecular weight excluding hydrogens is 404 g/mol. The van der Waals surface area contributed by atoms with Crippen LogP contribution in [0.15, 0.2) is 47.4 Å². The number of non-ortho nitro benzene ring substituents is 1. The third-order valence-corrected chi connectivity index (χ3v) is 4.56. The van der Waals surface area contributed by atoms with Crippen LogP contribution in [0.2, 0.25) is 0 Å². The molecular formula is C22H38N2O5S. The summed E-state index contributed by atoms with van der Waals surface area (Å²) in [4.78, 5) is 10.2. The number of nitro benzene ring substituents is 1. The predicted molar refractivity (Wildman–Crippen MR) is 126 cm³/mol. The van der Waals surface area contributed by atoms with E-state index in [1.807, 2.05) is 55.4 Å². The van der Waals surface area contributed by atoms with Crippen LogP contribution in [0.1, 0.15) is 61.0 Å². The largest absolute Gasteiger partial charge is 0.457 e. The molecule has 0 spiro atoms. The normalized spacial score (nSPS) is 9.00. The maximum Gasteiger partial charge on any atom is 0.269 e. The molecule has 0 radical (unpaired) electrons. The minimum Gasteiger partial charge on any atom is -0.457 e. The second-order valence-corrected chi connectivity index (χ2v) is 6.34. The van der Waals surface area contributed by atoms with E-state index >= 15 is 0 Å². The zero-order valence-electron chi connectivity index (χ0n) is 19.9. The van der Waals surface area contributed by atoms with Crippen molar-refractivity contribution in [2.24, 2.45) is 0 Å². The maximum absolute atomic E-state index is 11.9. The maximum atomic E-state index is 11.9. The van der Waals surface area contributed by atoms with Crippen LogP contribution in [0.5, 0.6) is 11.5 Å². The highest BCUT2D eigenvalue weighted by Gasteiger charge is 2.16. The van der Waals surface area contributed by atoms with E-state index in [0.717, 1.165) is 0 Å². The van der Waals surface area contributed by atoms with E-state index in [-0.39, 0.29) is 10.6 Å². The lowest BCUT2D eigenvalue weighted by atomic mass is 10.2. The van der Waals surface area contributed by atoms with E-state index in [2.05, 4.69) is 4.72 Å². The molecule has 172 valence electrons. The Bertz CT molecular complexity index is 805. The molecule has 0 aliphatic rings. The lowest BCUT2D eigenvalue weighted by molar-refractivity contribution is -0.384. The Kier molecular flexibility index (Phi) is 19.9. The average Bonchev–Trinajstić information content (AvgIpc) is 2.80. The number of rotatable bonds is 5. The van der Waals surface area contributed by atoms with Crippen molar-refractivity contribution in [1.82, 2.24) is 4.72 Å². The number of hydrogen-bond donors (Lipinski definition) is 1. The lowest BCUT2D eigenvalue weighted by Gasteiger charge is -2.10. The smallest absolute Gasteiger partial charge is 0.269 e. The Morgan fingerprint density at radius 1 is 0.833 bits per heavy atom. The van der Waals surface area contributed by atoms with Crippen LogP contribution in [0, 0.1) is 17.0 Å². The van der Waals surface area contributed by atoms with Gasteiger partial charge in [-0.1, -0.05) is 61.5 Å². The van der Waals surface area contributed by atoms with Crippen molar-refractivity contribution in [3.8, 4) is 11.5 Å². The number of nitro groups is 1. The zero-order chi connectivity index (χ0) is 24.3. The first-order chi connectivity index (χ1) is 14.3. The molecule has 2 aromatic carbocycles. The number of aryl methyl sites for hydroxylation is 1. The first kappa shape index (κ1) is 32.2. The number of nitrogens with zero attached hydrogens (tertiary/aromatic N) is 1. The van der Waals surface area contributed by atoms with Crippen LogP contribution in [0.25, 0.3) is 0 Å². The van der Waals surface area contributed by atoms with E-state index < -0.39 is 14.9 Å². The van der Waals surface area contributed by atoms with Crippen molar-refractivity contribution >= 4 is 15.7 Å². The monoisotopic (exact) mass is 442 g/mol. The topological polar surface area (TPSA) is 98.5 Å². The molecule has 0 saturated carbocycles. The molecule has 0 amide bonds. The van der Waals surface area contributed by atoms with Gasteiger partial charge < -0.3 is 4.74 Å². The van der Waals surface area contributed by atoms with Gasteiger partial charge >= 0.3 is 0 Å². The van der Waals surface area contributed by atoms with E-state index in [1.54, 1.807) is 19.1 Å². The predicted octanol–water partition coefficient (Wildman–Crippen LogP) is 6.71. The number of sulfonamides is 1. The fourth-order valence-electron chi connectivity index (χ4n) is 1.82. The van der Waals surface area contributed by atoms with Crippen LogP contribution in [-0.2, 0) is 10.0 Å². The van der Waals surface area contributed by atoms with E-state index in [1.165, 1.54) is 37.4 Å². The summed E-state index contributed by atoms with van der Waals surface area (Å²) in [5.41, 5.74) is 0.542. The molecule has 1 N–H and O–H groups in total. The fourth-order valence-corrected chi connectivity index (χ4v) is 2.80. The molecule has 2 rings (SSSR count). The Labute approximate surface area is 182 Å². The van der Waals surface area contributed by atoms with Gasteiger partial charge in [-0.3, -0.25) is 10.1 Å². The Hall–Kier alpha value is -2.45. The number of nitrogens with one attached hydrogen (secondary N) is 1. The summed E-state index contributed by atoms with van der Waals surface area (Å²) in [7, 11) is -2.25. The minimum atomic E-state index is -3.58. The summed E-state index contributed by atoms with van der Waals surface area (Å²) < 4.78 is 31.6. The van der Waals surface area contributed by atoms with Gasteiger partial charge in [0.1, 0.15) is 11.5 Å². The van der Waals surface area contributed by atoms with Gasteiger partial charge in [0.05, 0.1) is 9.82 Å². The quantitative estimate of drug-likeness (QED) is 0.410. The molecule has 0 saturated heterocycles. The third kappa shape index (κ3) is 10.9. The molecule has 0 unspecified atom stereocenters. The Balaban J connectivity index is -0.000000815. The Morgan fingerprint density at radius 3 is 1.67 bits per heavy atom. The highest BCUT2D eigenvalue weighted by Crippen LogP contribution is 2.27. The van der Waals surface area contributed by atoms with Crippen LogP contribution in [-0.4, -0.2) is 20.4 Å². The summed E-state index contributed by atoms with van der Waals surface area (Å²) in [5.74, 6) is 0.704. The second-order valence-electron chi connectivity index (χ2n) is 4.49. The van der Waals surface area contributed by atoms with Crippen LogP contribution in [0.3, 0.4) is 0 Å². The van der Waals surface area contributed by atoms with Crippen LogP contribution >= 0.6 is 0 Å². The van der Waals surface area contributed by atoms with Gasteiger partial charge in [0, 0.05) is 18.2 Å². The third-order valence-electron chi connectivity index (χ3n) is 3.00. The standard InChI is InChI=1S/C14H14N2O5S.4C2H6/c1-10-3-6-13(9-14(10)22(19,20)15-2)21-12-7-4-11(5-8-12)16(17)18;4*1-2/h3-9,15H,1-2H3;4*1-2H3. The van der Waals surface area contributed by atoms with Crippen molar-refractivity contribution in [1.29, 1.82) is 0 Å².